The Balaban J connectivity index is 3.26. The molecular weight excluding hydrogens is 356 g/mol. The first-order valence-electron chi connectivity index (χ1n) is 7.46. The zero-order valence-electron chi connectivity index (χ0n) is 14.2. The average molecular weight is 381 g/mol. The number of hydrogen-bond acceptors (Lipinski definition) is 4. The SMILES string of the molecule is CCOP(=S)(OCC)[C@@H](NS(=O)C(C)(C)C)c1ccc(F)cc1. The third kappa shape index (κ3) is 6.00. The third-order valence-corrected chi connectivity index (χ3v) is 8.19. The van der Waals surface area contributed by atoms with Crippen molar-refractivity contribution in [2.24, 2.45) is 0 Å². The van der Waals surface area contributed by atoms with E-state index in [2.05, 4.69) is 4.72 Å². The number of rotatable bonds is 8. The molecule has 1 rings (SSSR count). The second-order valence-electron chi connectivity index (χ2n) is 5.83. The molecule has 0 saturated carbocycles. The van der Waals surface area contributed by atoms with Crippen molar-refractivity contribution in [2.75, 3.05) is 13.2 Å². The molecule has 1 N–H and O–H groups in total. The summed E-state index contributed by atoms with van der Waals surface area (Å²) < 4.78 is 39.9. The lowest BCUT2D eigenvalue weighted by molar-refractivity contribution is 0.258. The van der Waals surface area contributed by atoms with E-state index < -0.39 is 28.0 Å². The Morgan fingerprint density at radius 3 is 2.09 bits per heavy atom. The van der Waals surface area contributed by atoms with E-state index in [9.17, 15) is 8.60 Å². The maximum atomic E-state index is 13.2. The van der Waals surface area contributed by atoms with Crippen LogP contribution in [-0.4, -0.2) is 22.2 Å². The quantitative estimate of drug-likeness (QED) is 0.684. The zero-order chi connectivity index (χ0) is 17.7. The number of nitrogens with one attached hydrogen (secondary N) is 1. The minimum absolute atomic E-state index is 0.342. The van der Waals surface area contributed by atoms with E-state index in [0.717, 1.165) is 0 Å². The molecule has 132 valence electrons. The summed E-state index contributed by atoms with van der Waals surface area (Å²) in [5.74, 6) is -0.913. The maximum absolute atomic E-state index is 13.2. The second-order valence-corrected chi connectivity index (χ2v) is 11.5. The number of halogens is 1. The van der Waals surface area contributed by atoms with Gasteiger partial charge in [-0.05, 0) is 64.1 Å². The van der Waals surface area contributed by atoms with E-state index in [4.69, 9.17) is 20.9 Å². The topological polar surface area (TPSA) is 47.6 Å². The van der Waals surface area contributed by atoms with Crippen molar-refractivity contribution in [2.45, 2.75) is 45.1 Å². The van der Waals surface area contributed by atoms with Crippen LogP contribution in [0.3, 0.4) is 0 Å². The fourth-order valence-corrected chi connectivity index (χ4v) is 6.30. The van der Waals surface area contributed by atoms with E-state index in [1.807, 2.05) is 34.6 Å². The molecule has 1 aromatic carbocycles. The lowest BCUT2D eigenvalue weighted by atomic mass is 10.2. The van der Waals surface area contributed by atoms with Crippen LogP contribution < -0.4 is 4.72 Å². The van der Waals surface area contributed by atoms with E-state index in [-0.39, 0.29) is 5.82 Å². The lowest BCUT2D eigenvalue weighted by Crippen LogP contribution is -2.36. The van der Waals surface area contributed by atoms with Gasteiger partial charge >= 0.3 is 0 Å². The van der Waals surface area contributed by atoms with Crippen molar-refractivity contribution >= 4 is 29.3 Å². The van der Waals surface area contributed by atoms with Crippen LogP contribution in [0.15, 0.2) is 24.3 Å². The Labute approximate surface area is 145 Å². The molecule has 0 aliphatic carbocycles. The molecule has 0 aliphatic rings. The first-order chi connectivity index (χ1) is 10.6. The molecule has 0 amide bonds. The van der Waals surface area contributed by atoms with Gasteiger partial charge in [0.1, 0.15) is 11.6 Å². The lowest BCUT2D eigenvalue weighted by Gasteiger charge is -2.32. The molecule has 0 fully saturated rings. The fourth-order valence-electron chi connectivity index (χ4n) is 1.78. The predicted molar refractivity (Wildman–Crippen MR) is 97.7 cm³/mol. The molecule has 0 saturated heterocycles. The van der Waals surface area contributed by atoms with Crippen LogP contribution in [-0.2, 0) is 31.8 Å². The van der Waals surface area contributed by atoms with Crippen LogP contribution in [0.2, 0.25) is 0 Å². The average Bonchev–Trinajstić information content (AvgIpc) is 2.45. The molecular formula is C15H25FNO3PS2. The standard InChI is InChI=1S/C15H25FNO3PS2/c1-6-19-21(22,20-7-2)14(17-23(18)15(3,4)5)12-8-10-13(16)11-9-12/h8-11,14,17H,6-7H2,1-5H3/t14-,23?/m1/s1. The molecule has 1 aromatic rings. The Morgan fingerprint density at radius 2 is 1.70 bits per heavy atom. The first-order valence-corrected chi connectivity index (χ1v) is 11.3. The van der Waals surface area contributed by atoms with Gasteiger partial charge in [0.15, 0.2) is 0 Å². The van der Waals surface area contributed by atoms with Crippen LogP contribution in [0.4, 0.5) is 4.39 Å². The van der Waals surface area contributed by atoms with Crippen molar-refractivity contribution in [1.29, 1.82) is 0 Å². The number of benzene rings is 1. The fraction of sp³-hybridized carbons (Fsp3) is 0.600. The van der Waals surface area contributed by atoms with Gasteiger partial charge in [-0.15, -0.1) is 0 Å². The molecule has 0 radical (unpaired) electrons. The Hall–Kier alpha value is -0.170. The highest BCUT2D eigenvalue weighted by Gasteiger charge is 2.35. The highest BCUT2D eigenvalue weighted by Crippen LogP contribution is 2.60. The molecule has 1 unspecified atom stereocenters. The summed E-state index contributed by atoms with van der Waals surface area (Å²) in [6, 6.07) is 5.93. The van der Waals surface area contributed by atoms with Gasteiger partial charge in [-0.3, -0.25) is 0 Å². The molecule has 23 heavy (non-hydrogen) atoms. The maximum Gasteiger partial charge on any atom is 0.211 e. The first kappa shape index (κ1) is 20.9. The van der Waals surface area contributed by atoms with Gasteiger partial charge in [0.05, 0.1) is 28.9 Å². The largest absolute Gasteiger partial charge is 0.328 e. The molecule has 4 nitrogen and oxygen atoms in total. The van der Waals surface area contributed by atoms with Crippen molar-refractivity contribution in [3.63, 3.8) is 0 Å². The summed E-state index contributed by atoms with van der Waals surface area (Å²) in [4.78, 5) is 0. The molecule has 0 aromatic heterocycles. The Kier molecular flexibility index (Phi) is 7.98. The van der Waals surface area contributed by atoms with Crippen LogP contribution >= 0.6 is 6.49 Å². The van der Waals surface area contributed by atoms with Crippen LogP contribution in [0.5, 0.6) is 0 Å². The zero-order valence-corrected chi connectivity index (χ0v) is 16.7. The summed E-state index contributed by atoms with van der Waals surface area (Å²) in [5, 5.41) is 0. The Bertz CT molecular complexity index is 565. The van der Waals surface area contributed by atoms with Gasteiger partial charge in [0.2, 0.25) is 6.49 Å². The van der Waals surface area contributed by atoms with Crippen molar-refractivity contribution in [1.82, 2.24) is 4.72 Å². The van der Waals surface area contributed by atoms with Gasteiger partial charge in [-0.2, -0.15) is 0 Å². The molecule has 2 atom stereocenters. The molecule has 0 heterocycles. The van der Waals surface area contributed by atoms with E-state index in [1.54, 1.807) is 12.1 Å². The predicted octanol–water partition coefficient (Wildman–Crippen LogP) is 4.26. The van der Waals surface area contributed by atoms with Crippen molar-refractivity contribution in [3.8, 4) is 0 Å². The van der Waals surface area contributed by atoms with Crippen LogP contribution in [0, 0.1) is 5.82 Å². The summed E-state index contributed by atoms with van der Waals surface area (Å²) in [6.07, 6.45) is 0. The van der Waals surface area contributed by atoms with E-state index >= 15 is 0 Å². The monoisotopic (exact) mass is 381 g/mol. The third-order valence-electron chi connectivity index (χ3n) is 2.89. The highest BCUT2D eigenvalue weighted by atomic mass is 32.5. The summed E-state index contributed by atoms with van der Waals surface area (Å²) in [5.41, 5.74) is 0.703. The van der Waals surface area contributed by atoms with E-state index in [0.29, 0.717) is 18.8 Å². The van der Waals surface area contributed by atoms with Crippen LogP contribution in [0.1, 0.15) is 46.0 Å². The summed E-state index contributed by atoms with van der Waals surface area (Å²) >= 11 is 5.65. The minimum Gasteiger partial charge on any atom is -0.328 e. The minimum atomic E-state index is -2.78. The summed E-state index contributed by atoms with van der Waals surface area (Å²) in [7, 11) is -1.37. The van der Waals surface area contributed by atoms with E-state index in [1.165, 1.54) is 12.1 Å². The molecule has 8 heteroatoms. The second kappa shape index (κ2) is 8.79. The van der Waals surface area contributed by atoms with Crippen LogP contribution in [0.25, 0.3) is 0 Å². The molecule has 0 spiro atoms. The number of hydrogen-bond donors (Lipinski definition) is 1. The smallest absolute Gasteiger partial charge is 0.211 e. The van der Waals surface area contributed by atoms with Gasteiger partial charge < -0.3 is 9.05 Å². The van der Waals surface area contributed by atoms with Gasteiger partial charge in [-0.1, -0.05) is 12.1 Å². The summed E-state index contributed by atoms with van der Waals surface area (Å²) in [6.45, 7) is 7.26. The molecule has 0 bridgehead atoms. The Morgan fingerprint density at radius 1 is 1.22 bits per heavy atom. The van der Waals surface area contributed by atoms with Crippen molar-refractivity contribution < 1.29 is 17.6 Å². The highest BCUT2D eigenvalue weighted by molar-refractivity contribution is 8.10. The normalized spacial score (nSPS) is 15.4. The van der Waals surface area contributed by atoms with Gasteiger partial charge in [-0.25, -0.2) is 13.3 Å². The van der Waals surface area contributed by atoms with Gasteiger partial charge in [0, 0.05) is 0 Å². The van der Waals surface area contributed by atoms with Crippen molar-refractivity contribution in [3.05, 3.63) is 35.6 Å². The van der Waals surface area contributed by atoms with Gasteiger partial charge in [0.25, 0.3) is 0 Å². The molecule has 0 aliphatic heterocycles.